The quantitative estimate of drug-likeness (QED) is 0.199. The molecule has 0 bridgehead atoms. The zero-order chi connectivity index (χ0) is 33.2. The fourth-order valence-corrected chi connectivity index (χ4v) is 7.65. The Morgan fingerprint density at radius 1 is 0.804 bits per heavy atom. The monoisotopic (exact) mass is 699 g/mol. The fraction of sp³-hybridized carbons (Fsp3) is 0.0968. The molecule has 0 spiro atoms. The first-order chi connectivity index (χ1) is 21.8. The number of sulfonamides is 2. The van der Waals surface area contributed by atoms with Crippen LogP contribution in [0.25, 0.3) is 5.69 Å². The Morgan fingerprint density at radius 3 is 2.04 bits per heavy atom. The largest absolute Gasteiger partial charge is 0.325 e. The fourth-order valence-electron chi connectivity index (χ4n) is 4.68. The van der Waals surface area contributed by atoms with Crippen LogP contribution in [0.5, 0.6) is 0 Å². The number of rotatable bonds is 10. The highest BCUT2D eigenvalue weighted by molar-refractivity contribution is 7.93. The van der Waals surface area contributed by atoms with E-state index in [0.29, 0.717) is 11.4 Å². The van der Waals surface area contributed by atoms with E-state index < -0.39 is 38.1 Å². The lowest BCUT2D eigenvalue weighted by atomic mass is 10.3. The van der Waals surface area contributed by atoms with E-state index >= 15 is 0 Å². The molecule has 0 saturated carbocycles. The molecule has 0 unspecified atom stereocenters. The third kappa shape index (κ3) is 6.53. The summed E-state index contributed by atoms with van der Waals surface area (Å²) in [5.74, 6) is -0.770. The molecule has 11 nitrogen and oxygen atoms in total. The molecule has 0 radical (unpaired) electrons. The second-order valence-electron chi connectivity index (χ2n) is 10.0. The van der Waals surface area contributed by atoms with Crippen LogP contribution in [0.2, 0.25) is 10.0 Å². The topological polar surface area (TPSA) is 140 Å². The van der Waals surface area contributed by atoms with Crippen molar-refractivity contribution in [2.75, 3.05) is 20.9 Å². The summed E-state index contributed by atoms with van der Waals surface area (Å²) in [5, 5.41) is 2.80. The summed E-state index contributed by atoms with van der Waals surface area (Å²) in [7, 11) is -6.85. The average molecular weight is 701 g/mol. The van der Waals surface area contributed by atoms with Gasteiger partial charge in [-0.15, -0.1) is 0 Å². The van der Waals surface area contributed by atoms with Crippen molar-refractivity contribution in [1.82, 2.24) is 9.36 Å². The first-order valence-corrected chi connectivity index (χ1v) is 17.3. The molecule has 5 aromatic rings. The van der Waals surface area contributed by atoms with Crippen LogP contribution in [-0.4, -0.2) is 38.7 Å². The van der Waals surface area contributed by atoms with E-state index in [-0.39, 0.29) is 36.9 Å². The van der Waals surface area contributed by atoms with Gasteiger partial charge in [-0.25, -0.2) is 25.8 Å². The molecule has 4 aromatic carbocycles. The van der Waals surface area contributed by atoms with Crippen LogP contribution in [0, 0.1) is 6.92 Å². The highest BCUT2D eigenvalue weighted by atomic mass is 35.5. The van der Waals surface area contributed by atoms with Gasteiger partial charge in [-0.3, -0.25) is 19.0 Å². The lowest BCUT2D eigenvalue weighted by molar-refractivity contribution is -0.114. The zero-order valence-corrected chi connectivity index (χ0v) is 27.5. The average Bonchev–Trinajstić information content (AvgIpc) is 3.25. The number of nitrogens with zero attached hydrogens (tertiary/aromatic N) is 3. The van der Waals surface area contributed by atoms with Crippen LogP contribution in [0.1, 0.15) is 5.69 Å². The summed E-state index contributed by atoms with van der Waals surface area (Å²) in [5.41, 5.74) is 0.260. The SMILES string of the molecule is Cc1c(N(CC(=O)Nc2ccc(S(=O)(=O)Nc3cccc(Cl)c3Cl)cc2)S(=O)(=O)c2ccccc2)c(=O)n(-c2ccccc2)n1C. The second-order valence-corrected chi connectivity index (χ2v) is 14.3. The van der Waals surface area contributed by atoms with Crippen LogP contribution < -0.4 is 19.9 Å². The number of hydrogen-bond acceptors (Lipinski definition) is 6. The maximum atomic E-state index is 13.9. The molecular weight excluding hydrogens is 673 g/mol. The Balaban J connectivity index is 1.45. The molecule has 0 aliphatic rings. The van der Waals surface area contributed by atoms with Gasteiger partial charge in [0.1, 0.15) is 12.2 Å². The second kappa shape index (κ2) is 13.0. The molecule has 46 heavy (non-hydrogen) atoms. The molecular formula is C31H27Cl2N5O6S2. The van der Waals surface area contributed by atoms with E-state index in [1.165, 1.54) is 70.0 Å². The molecule has 1 amide bonds. The van der Waals surface area contributed by atoms with Crippen LogP contribution in [0.15, 0.2) is 118 Å². The van der Waals surface area contributed by atoms with Crippen LogP contribution in [-0.2, 0) is 31.9 Å². The first kappa shape index (κ1) is 32.8. The van der Waals surface area contributed by atoms with Crippen molar-refractivity contribution in [1.29, 1.82) is 0 Å². The maximum Gasteiger partial charge on any atom is 0.296 e. The van der Waals surface area contributed by atoms with Gasteiger partial charge in [-0.2, -0.15) is 0 Å². The Labute approximate surface area is 275 Å². The Bertz CT molecular complexity index is 2190. The Morgan fingerprint density at radius 2 is 1.41 bits per heavy atom. The van der Waals surface area contributed by atoms with Gasteiger partial charge in [0.15, 0.2) is 0 Å². The number of benzene rings is 4. The van der Waals surface area contributed by atoms with Crippen molar-refractivity contribution in [3.05, 3.63) is 129 Å². The molecule has 0 saturated heterocycles. The number of carbonyl (C=O) groups excluding carboxylic acids is 1. The van der Waals surface area contributed by atoms with Crippen molar-refractivity contribution >= 4 is 66.2 Å². The summed E-state index contributed by atoms with van der Waals surface area (Å²) < 4.78 is 59.7. The van der Waals surface area contributed by atoms with E-state index in [1.54, 1.807) is 56.4 Å². The standard InChI is InChI=1S/C31H27Cl2N5O6S2/c1-21-30(31(40)38(36(21)2)23-10-5-3-6-11-23)37(46(43,44)25-12-7-4-8-13-25)20-28(39)34-22-16-18-24(19-17-22)45(41,42)35-27-15-9-14-26(32)29(27)33/h3-19,35H,20H2,1-2H3,(H,34,39). The van der Waals surface area contributed by atoms with E-state index in [2.05, 4.69) is 10.0 Å². The van der Waals surface area contributed by atoms with Crippen molar-refractivity contribution < 1.29 is 21.6 Å². The van der Waals surface area contributed by atoms with Crippen LogP contribution >= 0.6 is 23.2 Å². The number of aromatic nitrogens is 2. The normalized spacial score (nSPS) is 11.7. The van der Waals surface area contributed by atoms with Crippen LogP contribution in [0.3, 0.4) is 0 Å². The molecule has 0 atom stereocenters. The molecule has 0 aliphatic heterocycles. The van der Waals surface area contributed by atoms with E-state index in [1.807, 2.05) is 0 Å². The number of carbonyl (C=O) groups is 1. The van der Waals surface area contributed by atoms with Gasteiger partial charge in [0.25, 0.3) is 25.6 Å². The van der Waals surface area contributed by atoms with Crippen molar-refractivity contribution in [3.63, 3.8) is 0 Å². The summed E-state index contributed by atoms with van der Waals surface area (Å²) in [6.45, 7) is 0.840. The predicted octanol–water partition coefficient (Wildman–Crippen LogP) is 5.43. The first-order valence-electron chi connectivity index (χ1n) is 13.6. The van der Waals surface area contributed by atoms with Gasteiger partial charge in [-0.1, -0.05) is 65.7 Å². The molecule has 15 heteroatoms. The third-order valence-corrected chi connectivity index (χ3v) is 11.0. The molecule has 5 rings (SSSR count). The number of amides is 1. The van der Waals surface area contributed by atoms with Gasteiger partial charge >= 0.3 is 0 Å². The Hall–Kier alpha value is -4.56. The van der Waals surface area contributed by atoms with E-state index in [4.69, 9.17) is 23.2 Å². The molecule has 1 heterocycles. The number of nitrogens with one attached hydrogen (secondary N) is 2. The van der Waals surface area contributed by atoms with Gasteiger partial charge in [0.05, 0.1) is 36.9 Å². The summed E-state index contributed by atoms with van der Waals surface area (Å²) >= 11 is 12.1. The molecule has 238 valence electrons. The summed E-state index contributed by atoms with van der Waals surface area (Å²) in [4.78, 5) is 26.9. The van der Waals surface area contributed by atoms with E-state index in [0.717, 1.165) is 4.31 Å². The molecule has 2 N–H and O–H groups in total. The minimum absolute atomic E-state index is 0.0378. The minimum Gasteiger partial charge on any atom is -0.325 e. The van der Waals surface area contributed by atoms with Gasteiger partial charge in [0.2, 0.25) is 5.91 Å². The van der Waals surface area contributed by atoms with E-state index in [9.17, 15) is 26.4 Å². The van der Waals surface area contributed by atoms with Gasteiger partial charge in [-0.05, 0) is 67.6 Å². The van der Waals surface area contributed by atoms with Crippen molar-refractivity contribution in [3.8, 4) is 5.69 Å². The Kier molecular flexibility index (Phi) is 9.31. The molecule has 0 fully saturated rings. The number of anilines is 3. The van der Waals surface area contributed by atoms with Gasteiger partial charge < -0.3 is 5.32 Å². The molecule has 1 aromatic heterocycles. The van der Waals surface area contributed by atoms with Gasteiger partial charge in [0, 0.05) is 12.7 Å². The lowest BCUT2D eigenvalue weighted by Crippen LogP contribution is -2.41. The predicted molar refractivity (Wildman–Crippen MR) is 179 cm³/mol. The molecule has 0 aliphatic carbocycles. The summed E-state index contributed by atoms with van der Waals surface area (Å²) in [6, 6.07) is 25.9. The number of hydrogen-bond donors (Lipinski definition) is 2. The lowest BCUT2D eigenvalue weighted by Gasteiger charge is -2.23. The third-order valence-electron chi connectivity index (χ3n) is 7.04. The van der Waals surface area contributed by atoms with Crippen molar-refractivity contribution in [2.24, 2.45) is 7.05 Å². The number of halogens is 2. The smallest absolute Gasteiger partial charge is 0.296 e. The number of para-hydroxylation sites is 1. The highest BCUT2D eigenvalue weighted by Crippen LogP contribution is 2.31. The van der Waals surface area contributed by atoms with Crippen molar-refractivity contribution in [2.45, 2.75) is 16.7 Å². The zero-order valence-electron chi connectivity index (χ0n) is 24.4. The maximum absolute atomic E-state index is 13.9. The van der Waals surface area contributed by atoms with Crippen LogP contribution in [0.4, 0.5) is 17.1 Å². The minimum atomic E-state index is -4.40. The summed E-state index contributed by atoms with van der Waals surface area (Å²) in [6.07, 6.45) is 0. The highest BCUT2D eigenvalue weighted by Gasteiger charge is 2.33.